The summed E-state index contributed by atoms with van der Waals surface area (Å²) in [4.78, 5) is 24.7. The van der Waals surface area contributed by atoms with Crippen LogP contribution in [0.3, 0.4) is 0 Å². The summed E-state index contributed by atoms with van der Waals surface area (Å²) in [6, 6.07) is 8.16. The van der Waals surface area contributed by atoms with Crippen molar-refractivity contribution in [2.45, 2.75) is 75.4 Å². The number of unbranched alkanes of at least 4 members (excludes halogenated alkanes) is 1. The molecule has 0 spiro atoms. The van der Waals surface area contributed by atoms with Gasteiger partial charge in [-0.15, -0.1) is 9.24 Å². The van der Waals surface area contributed by atoms with Gasteiger partial charge in [0.15, 0.2) is 0 Å². The first-order valence-corrected chi connectivity index (χ1v) is 14.1. The Hall–Kier alpha value is -2.04. The lowest BCUT2D eigenvalue weighted by atomic mass is 9.98. The molecule has 188 valence electrons. The smallest absolute Gasteiger partial charge is 0.327 e. The molecule has 1 N–H and O–H groups in total. The summed E-state index contributed by atoms with van der Waals surface area (Å²) in [6.45, 7) is 2.90. The van der Waals surface area contributed by atoms with Gasteiger partial charge < -0.3 is 10.1 Å². The fourth-order valence-corrected chi connectivity index (χ4v) is 6.32. The van der Waals surface area contributed by atoms with E-state index < -0.39 is 0 Å². The zero-order valence-electron chi connectivity index (χ0n) is 20.9. The van der Waals surface area contributed by atoms with Crippen LogP contribution >= 0.6 is 9.24 Å². The summed E-state index contributed by atoms with van der Waals surface area (Å²) in [7, 11) is 4.61. The summed E-state index contributed by atoms with van der Waals surface area (Å²) < 4.78 is 5.26. The van der Waals surface area contributed by atoms with Crippen molar-refractivity contribution in [3.63, 3.8) is 0 Å². The molecule has 2 aromatic heterocycles. The van der Waals surface area contributed by atoms with E-state index >= 15 is 0 Å². The molecule has 4 atom stereocenters. The van der Waals surface area contributed by atoms with Crippen LogP contribution in [0.5, 0.6) is 0 Å². The van der Waals surface area contributed by atoms with Gasteiger partial charge >= 0.3 is 5.97 Å². The van der Waals surface area contributed by atoms with Gasteiger partial charge in [-0.05, 0) is 87.2 Å². The number of pyridine rings is 2. The molecule has 5 rings (SSSR count). The second kappa shape index (κ2) is 11.3. The number of carbonyl (C=O) groups excluding carboxylic acids is 1. The number of carbonyl (C=O) groups is 1. The Kier molecular flexibility index (Phi) is 7.99. The average Bonchev–Trinajstić information content (AvgIpc) is 3.63. The minimum Gasteiger partial charge on any atom is -0.468 e. The van der Waals surface area contributed by atoms with Crippen LogP contribution in [0.2, 0.25) is 0 Å². The van der Waals surface area contributed by atoms with Gasteiger partial charge in [-0.1, -0.05) is 18.6 Å². The van der Waals surface area contributed by atoms with Crippen molar-refractivity contribution >= 4 is 21.0 Å². The van der Waals surface area contributed by atoms with Gasteiger partial charge in [0.05, 0.1) is 7.11 Å². The lowest BCUT2D eigenvalue weighted by molar-refractivity contribution is -0.147. The third-order valence-corrected chi connectivity index (χ3v) is 8.83. The maximum atomic E-state index is 12.9. The molecule has 0 aromatic carbocycles. The first-order chi connectivity index (χ1) is 17.1. The monoisotopic (exact) mass is 494 g/mol. The number of methoxy groups -OCH3 is 1. The minimum atomic E-state index is -0.338. The Morgan fingerprint density at radius 2 is 2.14 bits per heavy atom. The Morgan fingerprint density at radius 1 is 1.26 bits per heavy atom. The Morgan fingerprint density at radius 3 is 2.97 bits per heavy atom. The number of anilines is 1. The number of rotatable bonds is 10. The van der Waals surface area contributed by atoms with Crippen LogP contribution in [0.25, 0.3) is 0 Å². The maximum Gasteiger partial charge on any atom is 0.327 e. The van der Waals surface area contributed by atoms with Crippen LogP contribution in [0, 0.1) is 5.92 Å². The Balaban J connectivity index is 1.14. The third kappa shape index (κ3) is 5.86. The van der Waals surface area contributed by atoms with Crippen LogP contribution in [0.1, 0.15) is 79.4 Å². The molecule has 3 unspecified atom stereocenters. The highest BCUT2D eigenvalue weighted by atomic mass is 31.0. The van der Waals surface area contributed by atoms with Gasteiger partial charge in [0, 0.05) is 42.2 Å². The van der Waals surface area contributed by atoms with Crippen LogP contribution < -0.4 is 5.32 Å². The summed E-state index contributed by atoms with van der Waals surface area (Å²) in [5.41, 5.74) is 5.27. The van der Waals surface area contributed by atoms with Gasteiger partial charge in [-0.3, -0.25) is 9.88 Å². The van der Waals surface area contributed by atoms with Crippen molar-refractivity contribution in [2.24, 2.45) is 5.92 Å². The number of fused-ring (bicyclic) bond motifs is 1. The molecule has 3 aliphatic rings. The van der Waals surface area contributed by atoms with E-state index in [-0.39, 0.29) is 12.0 Å². The molecule has 4 heterocycles. The Bertz CT molecular complexity index is 1030. The van der Waals surface area contributed by atoms with Crippen LogP contribution in [0.15, 0.2) is 30.5 Å². The molecule has 0 bridgehead atoms. The molecule has 6 nitrogen and oxygen atoms in total. The van der Waals surface area contributed by atoms with E-state index in [4.69, 9.17) is 9.72 Å². The molecule has 0 radical (unpaired) electrons. The molecule has 35 heavy (non-hydrogen) atoms. The maximum absolute atomic E-state index is 12.9. The first kappa shape index (κ1) is 24.6. The van der Waals surface area contributed by atoms with Crippen molar-refractivity contribution in [1.29, 1.82) is 0 Å². The van der Waals surface area contributed by atoms with Gasteiger partial charge in [-0.25, -0.2) is 9.78 Å². The van der Waals surface area contributed by atoms with Gasteiger partial charge in [-0.2, -0.15) is 0 Å². The topological polar surface area (TPSA) is 67.3 Å². The number of aryl methyl sites for hydroxylation is 2. The van der Waals surface area contributed by atoms with Crippen molar-refractivity contribution in [2.75, 3.05) is 32.1 Å². The highest BCUT2D eigenvalue weighted by Gasteiger charge is 2.39. The molecule has 7 heteroatoms. The van der Waals surface area contributed by atoms with Gasteiger partial charge in [0.1, 0.15) is 11.9 Å². The van der Waals surface area contributed by atoms with Crippen LogP contribution in [-0.4, -0.2) is 53.2 Å². The number of aromatic nitrogens is 2. The zero-order valence-corrected chi connectivity index (χ0v) is 22.1. The normalized spacial score (nSPS) is 21.7. The summed E-state index contributed by atoms with van der Waals surface area (Å²) in [5.74, 6) is 2.03. The van der Waals surface area contributed by atoms with Crippen molar-refractivity contribution in [3.05, 3.63) is 53.0 Å². The Labute approximate surface area is 211 Å². The zero-order chi connectivity index (χ0) is 24.2. The lowest BCUT2D eigenvalue weighted by Gasteiger charge is -2.28. The summed E-state index contributed by atoms with van der Waals surface area (Å²) in [5, 5.41) is 3.44. The number of likely N-dealkylation sites (tertiary alicyclic amines) is 1. The SMILES string of the molecule is COC(=O)[C@@H](c1cccnc1C1CC1)N1CCC(C(P)CCCCc2ccc3c(n2)NCCC3)C1. The molecule has 1 saturated heterocycles. The number of hydrogen-bond donors (Lipinski definition) is 1. The van der Waals surface area contributed by atoms with E-state index in [1.165, 1.54) is 56.9 Å². The van der Waals surface area contributed by atoms with Crippen LogP contribution in [0.4, 0.5) is 5.82 Å². The molecule has 2 aromatic rings. The summed E-state index contributed by atoms with van der Waals surface area (Å²) >= 11 is 0. The lowest BCUT2D eigenvalue weighted by Crippen LogP contribution is -2.35. The highest BCUT2D eigenvalue weighted by molar-refractivity contribution is 7.17. The van der Waals surface area contributed by atoms with E-state index in [1.54, 1.807) is 0 Å². The number of esters is 1. The number of ether oxygens (including phenoxy) is 1. The standard InChI is InChI=1S/C28H39N4O2P/c1-34-28(33)26(23-8-5-15-29-25(23)19-10-11-19)32-17-14-21(18-32)24(35)9-3-2-7-22-13-12-20-6-4-16-30-27(20)31-22/h5,8,12-13,15,19,21,24,26H,2-4,6-7,9-11,14,16-18,35H2,1H3,(H,30,31)/t21?,24?,26-/m1/s1. The first-order valence-electron chi connectivity index (χ1n) is 13.4. The number of nitrogens with zero attached hydrogens (tertiary/aromatic N) is 3. The quantitative estimate of drug-likeness (QED) is 0.288. The molecule has 1 aliphatic carbocycles. The van der Waals surface area contributed by atoms with Crippen molar-refractivity contribution in [1.82, 2.24) is 14.9 Å². The van der Waals surface area contributed by atoms with Crippen molar-refractivity contribution < 1.29 is 9.53 Å². The predicted octanol–water partition coefficient (Wildman–Crippen LogP) is 4.90. The largest absolute Gasteiger partial charge is 0.468 e. The second-order valence-electron chi connectivity index (χ2n) is 10.5. The molecule has 0 amide bonds. The van der Waals surface area contributed by atoms with E-state index in [1.807, 2.05) is 12.3 Å². The van der Waals surface area contributed by atoms with E-state index in [9.17, 15) is 4.79 Å². The minimum absolute atomic E-state index is 0.159. The van der Waals surface area contributed by atoms with Gasteiger partial charge in [0.25, 0.3) is 0 Å². The van der Waals surface area contributed by atoms with Crippen LogP contribution in [-0.2, 0) is 22.4 Å². The second-order valence-corrected chi connectivity index (χ2v) is 11.3. The molecular formula is C28H39N4O2P. The fraction of sp³-hybridized carbons (Fsp3) is 0.607. The van der Waals surface area contributed by atoms with E-state index in [0.29, 0.717) is 17.5 Å². The summed E-state index contributed by atoms with van der Waals surface area (Å²) in [6.07, 6.45) is 12.3. The molecule has 2 fully saturated rings. The van der Waals surface area contributed by atoms with Gasteiger partial charge in [0.2, 0.25) is 0 Å². The molecular weight excluding hydrogens is 455 g/mol. The fourth-order valence-electron chi connectivity index (χ4n) is 5.77. The average molecular weight is 495 g/mol. The van der Waals surface area contributed by atoms with Crippen molar-refractivity contribution in [3.8, 4) is 0 Å². The molecule has 2 aliphatic heterocycles. The predicted molar refractivity (Wildman–Crippen MR) is 143 cm³/mol. The highest BCUT2D eigenvalue weighted by Crippen LogP contribution is 2.43. The van der Waals surface area contributed by atoms with E-state index in [0.717, 1.165) is 56.0 Å². The molecule has 1 saturated carbocycles. The van der Waals surface area contributed by atoms with E-state index in [2.05, 4.69) is 42.6 Å². The third-order valence-electron chi connectivity index (χ3n) is 7.95. The number of nitrogens with one attached hydrogen (secondary N) is 1. The number of hydrogen-bond acceptors (Lipinski definition) is 6.